The second-order valence-corrected chi connectivity index (χ2v) is 8.34. The Labute approximate surface area is 200 Å². The van der Waals surface area contributed by atoms with E-state index in [0.717, 1.165) is 64.5 Å². The fourth-order valence-electron chi connectivity index (χ4n) is 4.29. The molecule has 35 heavy (non-hydrogen) atoms. The smallest absolute Gasteiger partial charge is 0.225 e. The van der Waals surface area contributed by atoms with E-state index in [0.29, 0.717) is 11.7 Å². The lowest BCUT2D eigenvalue weighted by Crippen LogP contribution is -2.25. The number of hydrogen-bond acceptors (Lipinski definition) is 6. The highest BCUT2D eigenvalue weighted by atomic mass is 19.1. The van der Waals surface area contributed by atoms with Crippen LogP contribution in [0.15, 0.2) is 72.1 Å². The lowest BCUT2D eigenvalue weighted by atomic mass is 10.1. The van der Waals surface area contributed by atoms with Gasteiger partial charge in [0.25, 0.3) is 0 Å². The Morgan fingerprint density at radius 1 is 1.09 bits per heavy atom. The summed E-state index contributed by atoms with van der Waals surface area (Å²) < 4.78 is 21.3. The molecule has 1 aliphatic heterocycles. The number of aliphatic imine (C=N–C) groups is 1. The van der Waals surface area contributed by atoms with E-state index in [1.54, 1.807) is 18.5 Å². The van der Waals surface area contributed by atoms with Gasteiger partial charge in [-0.3, -0.25) is 5.10 Å². The van der Waals surface area contributed by atoms with Crippen molar-refractivity contribution in [2.24, 2.45) is 4.99 Å². The van der Waals surface area contributed by atoms with Crippen molar-refractivity contribution in [3.05, 3.63) is 84.2 Å². The van der Waals surface area contributed by atoms with Crippen LogP contribution in [-0.4, -0.2) is 37.1 Å². The maximum absolute atomic E-state index is 13.2. The molecule has 2 N–H and O–H groups in total. The lowest BCUT2D eigenvalue weighted by Gasteiger charge is -2.18. The van der Waals surface area contributed by atoms with Crippen molar-refractivity contribution >= 4 is 22.6 Å². The predicted molar refractivity (Wildman–Crippen MR) is 132 cm³/mol. The van der Waals surface area contributed by atoms with Crippen molar-refractivity contribution in [2.45, 2.75) is 19.9 Å². The molecule has 0 radical (unpaired) electrons. The Kier molecular flexibility index (Phi) is 5.31. The summed E-state index contributed by atoms with van der Waals surface area (Å²) in [5.74, 6) is 2.38. The van der Waals surface area contributed by atoms with Crippen molar-refractivity contribution in [3.63, 3.8) is 0 Å². The molecule has 0 bridgehead atoms. The number of fused-ring (bicyclic) bond motifs is 2. The average molecular weight is 468 g/mol. The van der Waals surface area contributed by atoms with Crippen LogP contribution in [-0.2, 0) is 13.0 Å². The third-order valence-electron chi connectivity index (χ3n) is 6.06. The van der Waals surface area contributed by atoms with Gasteiger partial charge in [0.05, 0.1) is 16.9 Å². The summed E-state index contributed by atoms with van der Waals surface area (Å²) in [5, 5.41) is 11.6. The third-order valence-corrected chi connectivity index (χ3v) is 6.06. The minimum atomic E-state index is -0.274. The summed E-state index contributed by atoms with van der Waals surface area (Å²) in [6, 6.07) is 16.1. The van der Waals surface area contributed by atoms with Gasteiger partial charge in [-0.2, -0.15) is 5.10 Å². The molecule has 2 aromatic carbocycles. The van der Waals surface area contributed by atoms with Crippen molar-refractivity contribution in [3.8, 4) is 22.9 Å². The van der Waals surface area contributed by atoms with Crippen LogP contribution in [0.4, 0.5) is 10.2 Å². The van der Waals surface area contributed by atoms with Crippen LogP contribution in [0.2, 0.25) is 0 Å². The summed E-state index contributed by atoms with van der Waals surface area (Å²) in [5.41, 5.74) is 4.67. The van der Waals surface area contributed by atoms with E-state index in [9.17, 15) is 4.39 Å². The molecule has 0 aliphatic carbocycles. The van der Waals surface area contributed by atoms with Gasteiger partial charge < -0.3 is 14.6 Å². The van der Waals surface area contributed by atoms with Gasteiger partial charge in [-0.15, -0.1) is 0 Å². The standard InChI is InChI=1S/C26H22FN7O/c1-16(31-25-13-22(32-33-25)17-2-4-19(27)5-3-17)34-11-9-18-12-20(6-7-24(18)34)35-26-21-8-10-28-14-23(21)29-15-30-26/h2-7,9,11-13,15,28H,8,10,14H2,1H3,(H,32,33). The number of nitrogens with one attached hydrogen (secondary N) is 2. The first-order chi connectivity index (χ1) is 17.1. The van der Waals surface area contributed by atoms with Gasteiger partial charge in [0.1, 0.15) is 23.7 Å². The van der Waals surface area contributed by atoms with Crippen molar-refractivity contribution in [2.75, 3.05) is 6.54 Å². The summed E-state index contributed by atoms with van der Waals surface area (Å²) in [6.07, 6.45) is 4.36. The Balaban J connectivity index is 1.25. The molecule has 0 spiro atoms. The monoisotopic (exact) mass is 467 g/mol. The van der Waals surface area contributed by atoms with Crippen LogP contribution in [0.3, 0.4) is 0 Å². The van der Waals surface area contributed by atoms with Gasteiger partial charge in [0.2, 0.25) is 5.88 Å². The van der Waals surface area contributed by atoms with Gasteiger partial charge in [0, 0.05) is 29.8 Å². The predicted octanol–water partition coefficient (Wildman–Crippen LogP) is 5.00. The first-order valence-corrected chi connectivity index (χ1v) is 11.3. The van der Waals surface area contributed by atoms with E-state index in [1.807, 2.05) is 48.0 Å². The van der Waals surface area contributed by atoms with Gasteiger partial charge in [0.15, 0.2) is 5.82 Å². The molecule has 0 atom stereocenters. The van der Waals surface area contributed by atoms with Gasteiger partial charge in [-0.05, 0) is 74.0 Å². The zero-order valence-corrected chi connectivity index (χ0v) is 19.0. The number of rotatable bonds is 4. The molecule has 1 aliphatic rings. The second kappa shape index (κ2) is 8.77. The van der Waals surface area contributed by atoms with Crippen LogP contribution in [0.1, 0.15) is 18.2 Å². The molecule has 0 saturated carbocycles. The minimum absolute atomic E-state index is 0.274. The average Bonchev–Trinajstić information content (AvgIpc) is 3.52. The Hall–Kier alpha value is -4.37. The van der Waals surface area contributed by atoms with E-state index in [2.05, 4.69) is 30.5 Å². The molecular weight excluding hydrogens is 445 g/mol. The number of H-pyrrole nitrogens is 1. The molecule has 0 unspecified atom stereocenters. The maximum atomic E-state index is 13.2. The fraction of sp³-hybridized carbons (Fsp3) is 0.154. The highest BCUT2D eigenvalue weighted by Crippen LogP contribution is 2.29. The highest BCUT2D eigenvalue weighted by Gasteiger charge is 2.17. The van der Waals surface area contributed by atoms with E-state index < -0.39 is 0 Å². The fourth-order valence-corrected chi connectivity index (χ4v) is 4.29. The second-order valence-electron chi connectivity index (χ2n) is 8.34. The molecular formula is C26H22FN7O. The molecule has 0 saturated heterocycles. The van der Waals surface area contributed by atoms with Gasteiger partial charge in [-0.1, -0.05) is 0 Å². The molecule has 3 aromatic heterocycles. The highest BCUT2D eigenvalue weighted by molar-refractivity contribution is 5.95. The van der Waals surface area contributed by atoms with Crippen LogP contribution < -0.4 is 10.1 Å². The molecule has 174 valence electrons. The zero-order chi connectivity index (χ0) is 23.8. The van der Waals surface area contributed by atoms with Crippen LogP contribution in [0, 0.1) is 5.82 Å². The summed E-state index contributed by atoms with van der Waals surface area (Å²) in [6.45, 7) is 3.55. The van der Waals surface area contributed by atoms with Crippen LogP contribution in [0.25, 0.3) is 22.2 Å². The van der Waals surface area contributed by atoms with E-state index in [1.165, 1.54) is 12.1 Å². The number of benzene rings is 2. The number of nitrogens with zero attached hydrogens (tertiary/aromatic N) is 5. The molecule has 8 nitrogen and oxygen atoms in total. The zero-order valence-electron chi connectivity index (χ0n) is 19.0. The molecule has 4 heterocycles. The Bertz CT molecular complexity index is 1550. The Morgan fingerprint density at radius 2 is 1.97 bits per heavy atom. The number of aromatic nitrogens is 5. The molecule has 9 heteroatoms. The third kappa shape index (κ3) is 4.17. The quantitative estimate of drug-likeness (QED) is 0.287. The van der Waals surface area contributed by atoms with Crippen molar-refractivity contribution in [1.82, 2.24) is 30.0 Å². The van der Waals surface area contributed by atoms with E-state index >= 15 is 0 Å². The van der Waals surface area contributed by atoms with Crippen molar-refractivity contribution < 1.29 is 9.13 Å². The van der Waals surface area contributed by atoms with Crippen molar-refractivity contribution in [1.29, 1.82) is 0 Å². The van der Waals surface area contributed by atoms with Crippen LogP contribution >= 0.6 is 0 Å². The topological polar surface area (TPSA) is 93.0 Å². The SMILES string of the molecule is CC(=Nc1cc(-c2ccc(F)cc2)[nH]n1)n1ccc2cc(Oc3ncnc4c3CCNC4)ccc21. The molecule has 5 aromatic rings. The maximum Gasteiger partial charge on any atom is 0.225 e. The number of aromatic amines is 1. The number of ether oxygens (including phenoxy) is 1. The first-order valence-electron chi connectivity index (χ1n) is 11.3. The van der Waals surface area contributed by atoms with Crippen LogP contribution in [0.5, 0.6) is 11.6 Å². The first kappa shape index (κ1) is 21.2. The Morgan fingerprint density at radius 3 is 2.86 bits per heavy atom. The number of halogens is 1. The largest absolute Gasteiger partial charge is 0.439 e. The van der Waals surface area contributed by atoms with Gasteiger partial charge >= 0.3 is 0 Å². The lowest BCUT2D eigenvalue weighted by molar-refractivity contribution is 0.446. The van der Waals surface area contributed by atoms with E-state index in [4.69, 9.17) is 4.74 Å². The minimum Gasteiger partial charge on any atom is -0.439 e. The summed E-state index contributed by atoms with van der Waals surface area (Å²) >= 11 is 0. The number of hydrogen-bond donors (Lipinski definition) is 2. The normalized spacial score (nSPS) is 13.7. The van der Waals surface area contributed by atoms with Gasteiger partial charge in [-0.25, -0.2) is 19.4 Å². The summed E-state index contributed by atoms with van der Waals surface area (Å²) in [4.78, 5) is 13.4. The van der Waals surface area contributed by atoms with E-state index in [-0.39, 0.29) is 5.82 Å². The molecule has 0 fully saturated rings. The summed E-state index contributed by atoms with van der Waals surface area (Å²) in [7, 11) is 0. The molecule has 6 rings (SSSR count). The molecule has 0 amide bonds.